The predicted molar refractivity (Wildman–Crippen MR) is 74.5 cm³/mol. The smallest absolute Gasteiger partial charge is 0.159 e. The van der Waals surface area contributed by atoms with Gasteiger partial charge in [-0.1, -0.05) is 13.0 Å². The second-order valence-corrected chi connectivity index (χ2v) is 5.91. The number of rotatable bonds is 6. The fraction of sp³-hybridized carbons (Fsp3) is 0.571. The van der Waals surface area contributed by atoms with Gasteiger partial charge in [0.1, 0.15) is 0 Å². The molecule has 1 aromatic carbocycles. The average molecular weight is 287 g/mol. The van der Waals surface area contributed by atoms with Crippen LogP contribution in [0.2, 0.25) is 0 Å². The molecule has 0 bridgehead atoms. The summed E-state index contributed by atoms with van der Waals surface area (Å²) < 4.78 is 31.8. The van der Waals surface area contributed by atoms with Crippen LogP contribution < -0.4 is 5.32 Å². The SMILES string of the molecule is CCSCCN[C@@H]1CCO[C@H]1c1ccc(F)c(F)c1. The molecule has 19 heavy (non-hydrogen) atoms. The molecule has 1 aliphatic heterocycles. The van der Waals surface area contributed by atoms with Gasteiger partial charge in [-0.3, -0.25) is 0 Å². The van der Waals surface area contributed by atoms with Crippen molar-refractivity contribution in [2.75, 3.05) is 24.7 Å². The van der Waals surface area contributed by atoms with Crippen LogP contribution in [-0.2, 0) is 4.74 Å². The standard InChI is InChI=1S/C14H19F2NOS/c1-2-19-8-6-17-13-5-7-18-14(13)10-3-4-11(15)12(16)9-10/h3-4,9,13-14,17H,2,5-8H2,1H3/t13-,14+/m1/s1. The fourth-order valence-electron chi connectivity index (χ4n) is 2.28. The minimum Gasteiger partial charge on any atom is -0.372 e. The van der Waals surface area contributed by atoms with Crippen LogP contribution in [0.4, 0.5) is 8.78 Å². The Labute approximate surface area is 116 Å². The maximum absolute atomic E-state index is 13.3. The fourth-order valence-corrected chi connectivity index (χ4v) is 2.83. The van der Waals surface area contributed by atoms with Crippen LogP contribution in [0.5, 0.6) is 0 Å². The Hall–Kier alpha value is -0.650. The van der Waals surface area contributed by atoms with E-state index in [0.29, 0.717) is 12.2 Å². The van der Waals surface area contributed by atoms with Gasteiger partial charge in [-0.25, -0.2) is 8.78 Å². The molecular weight excluding hydrogens is 268 g/mol. The van der Waals surface area contributed by atoms with Crippen LogP contribution in [0.3, 0.4) is 0 Å². The van der Waals surface area contributed by atoms with Gasteiger partial charge < -0.3 is 10.1 Å². The van der Waals surface area contributed by atoms with Gasteiger partial charge in [0, 0.05) is 24.9 Å². The summed E-state index contributed by atoms with van der Waals surface area (Å²) >= 11 is 1.88. The third-order valence-electron chi connectivity index (χ3n) is 3.22. The number of hydrogen-bond acceptors (Lipinski definition) is 3. The molecule has 1 aliphatic rings. The lowest BCUT2D eigenvalue weighted by Gasteiger charge is -2.20. The molecule has 106 valence electrons. The summed E-state index contributed by atoms with van der Waals surface area (Å²) in [5.74, 6) is 0.534. The Morgan fingerprint density at radius 1 is 1.37 bits per heavy atom. The first-order valence-electron chi connectivity index (χ1n) is 6.60. The molecule has 1 aromatic rings. The van der Waals surface area contributed by atoms with E-state index in [-0.39, 0.29) is 12.1 Å². The first kappa shape index (κ1) is 14.8. The summed E-state index contributed by atoms with van der Waals surface area (Å²) in [5.41, 5.74) is 0.706. The second kappa shape index (κ2) is 7.22. The molecule has 0 spiro atoms. The third kappa shape index (κ3) is 3.91. The molecule has 0 amide bonds. The predicted octanol–water partition coefficient (Wildman–Crippen LogP) is 3.14. The minimum absolute atomic E-state index is 0.179. The molecule has 5 heteroatoms. The van der Waals surface area contributed by atoms with Gasteiger partial charge in [0.15, 0.2) is 11.6 Å². The molecule has 0 radical (unpaired) electrons. The van der Waals surface area contributed by atoms with Crippen molar-refractivity contribution in [2.45, 2.75) is 25.5 Å². The van der Waals surface area contributed by atoms with Crippen molar-refractivity contribution in [3.63, 3.8) is 0 Å². The molecule has 1 saturated heterocycles. The van der Waals surface area contributed by atoms with E-state index in [1.807, 2.05) is 11.8 Å². The summed E-state index contributed by atoms with van der Waals surface area (Å²) in [4.78, 5) is 0. The monoisotopic (exact) mass is 287 g/mol. The highest BCUT2D eigenvalue weighted by Crippen LogP contribution is 2.29. The molecule has 1 fully saturated rings. The summed E-state index contributed by atoms with van der Waals surface area (Å²) in [6.07, 6.45) is 0.724. The van der Waals surface area contributed by atoms with Gasteiger partial charge >= 0.3 is 0 Å². The lowest BCUT2D eigenvalue weighted by Crippen LogP contribution is -2.33. The zero-order valence-corrected chi connectivity index (χ0v) is 11.8. The average Bonchev–Trinajstić information content (AvgIpc) is 2.86. The zero-order valence-electron chi connectivity index (χ0n) is 11.0. The largest absolute Gasteiger partial charge is 0.372 e. The van der Waals surface area contributed by atoms with Gasteiger partial charge in [0.2, 0.25) is 0 Å². The summed E-state index contributed by atoms with van der Waals surface area (Å²) in [5, 5.41) is 3.44. The van der Waals surface area contributed by atoms with E-state index in [4.69, 9.17) is 4.74 Å². The first-order chi connectivity index (χ1) is 9.22. The quantitative estimate of drug-likeness (QED) is 0.812. The van der Waals surface area contributed by atoms with E-state index in [0.717, 1.165) is 30.5 Å². The molecule has 0 saturated carbocycles. The highest BCUT2D eigenvalue weighted by molar-refractivity contribution is 7.99. The van der Waals surface area contributed by atoms with E-state index in [9.17, 15) is 8.78 Å². The minimum atomic E-state index is -0.814. The van der Waals surface area contributed by atoms with Crippen molar-refractivity contribution >= 4 is 11.8 Å². The topological polar surface area (TPSA) is 21.3 Å². The van der Waals surface area contributed by atoms with Crippen LogP contribution in [-0.4, -0.2) is 30.7 Å². The van der Waals surface area contributed by atoms with Crippen molar-refractivity contribution < 1.29 is 13.5 Å². The number of halogens is 2. The van der Waals surface area contributed by atoms with E-state index >= 15 is 0 Å². The van der Waals surface area contributed by atoms with Crippen molar-refractivity contribution in [1.82, 2.24) is 5.32 Å². The molecule has 1 N–H and O–H groups in total. The van der Waals surface area contributed by atoms with Gasteiger partial charge in [0.05, 0.1) is 6.10 Å². The van der Waals surface area contributed by atoms with E-state index < -0.39 is 11.6 Å². The Bertz CT molecular complexity index is 416. The van der Waals surface area contributed by atoms with Crippen LogP contribution in [0.1, 0.15) is 25.0 Å². The van der Waals surface area contributed by atoms with Crippen molar-refractivity contribution in [3.8, 4) is 0 Å². The van der Waals surface area contributed by atoms with Gasteiger partial charge in [-0.2, -0.15) is 11.8 Å². The van der Waals surface area contributed by atoms with E-state index in [1.165, 1.54) is 6.07 Å². The Kier molecular flexibility index (Phi) is 5.60. The van der Waals surface area contributed by atoms with Gasteiger partial charge in [0.25, 0.3) is 0 Å². The van der Waals surface area contributed by atoms with Crippen LogP contribution in [0.25, 0.3) is 0 Å². The Morgan fingerprint density at radius 2 is 2.21 bits per heavy atom. The maximum Gasteiger partial charge on any atom is 0.159 e. The molecule has 2 nitrogen and oxygen atoms in total. The van der Waals surface area contributed by atoms with Crippen LogP contribution >= 0.6 is 11.8 Å². The summed E-state index contributed by atoms with van der Waals surface area (Å²) in [7, 11) is 0. The second-order valence-electron chi connectivity index (χ2n) is 4.51. The number of nitrogens with one attached hydrogen (secondary N) is 1. The number of ether oxygens (including phenoxy) is 1. The zero-order chi connectivity index (χ0) is 13.7. The third-order valence-corrected chi connectivity index (χ3v) is 4.12. The van der Waals surface area contributed by atoms with Crippen LogP contribution in [0, 0.1) is 11.6 Å². The maximum atomic E-state index is 13.3. The van der Waals surface area contributed by atoms with Crippen LogP contribution in [0.15, 0.2) is 18.2 Å². The van der Waals surface area contributed by atoms with E-state index in [2.05, 4.69) is 12.2 Å². The Balaban J connectivity index is 1.95. The summed E-state index contributed by atoms with van der Waals surface area (Å²) in [6, 6.07) is 4.18. The molecule has 0 unspecified atom stereocenters. The molecule has 2 atom stereocenters. The number of benzene rings is 1. The highest BCUT2D eigenvalue weighted by Gasteiger charge is 2.29. The molecule has 0 aromatic heterocycles. The molecule has 2 rings (SSSR count). The molecule has 0 aliphatic carbocycles. The van der Waals surface area contributed by atoms with Gasteiger partial charge in [-0.05, 0) is 29.9 Å². The lowest BCUT2D eigenvalue weighted by atomic mass is 10.0. The van der Waals surface area contributed by atoms with Crippen molar-refractivity contribution in [3.05, 3.63) is 35.4 Å². The number of hydrogen-bond donors (Lipinski definition) is 1. The number of thioether (sulfide) groups is 1. The normalized spacial score (nSPS) is 22.9. The molecule has 1 heterocycles. The van der Waals surface area contributed by atoms with Crippen molar-refractivity contribution in [2.24, 2.45) is 0 Å². The molecular formula is C14H19F2NOS. The summed E-state index contributed by atoms with van der Waals surface area (Å²) in [6.45, 7) is 3.70. The lowest BCUT2D eigenvalue weighted by molar-refractivity contribution is 0.0988. The van der Waals surface area contributed by atoms with Gasteiger partial charge in [-0.15, -0.1) is 0 Å². The Morgan fingerprint density at radius 3 is 2.95 bits per heavy atom. The van der Waals surface area contributed by atoms with E-state index in [1.54, 1.807) is 6.07 Å². The van der Waals surface area contributed by atoms with Crippen molar-refractivity contribution in [1.29, 1.82) is 0 Å². The first-order valence-corrected chi connectivity index (χ1v) is 7.75. The highest BCUT2D eigenvalue weighted by atomic mass is 32.2.